The summed E-state index contributed by atoms with van der Waals surface area (Å²) >= 11 is 0. The van der Waals surface area contributed by atoms with Gasteiger partial charge in [-0.15, -0.1) is 0 Å². The van der Waals surface area contributed by atoms with Crippen LogP contribution in [0, 0.1) is 5.92 Å². The monoisotopic (exact) mass is 375 g/mol. The van der Waals surface area contributed by atoms with Gasteiger partial charge in [-0.25, -0.2) is 0 Å². The Hall–Kier alpha value is -2.81. The summed E-state index contributed by atoms with van der Waals surface area (Å²) in [6.45, 7) is 6.32. The molecule has 0 unspecified atom stereocenters. The van der Waals surface area contributed by atoms with Gasteiger partial charge in [0.15, 0.2) is 6.10 Å². The Balaban J connectivity index is 1.73. The number of fused-ring (bicyclic) bond motifs is 1. The van der Waals surface area contributed by atoms with Crippen LogP contribution in [0.4, 0.5) is 0 Å². The summed E-state index contributed by atoms with van der Waals surface area (Å²) in [6, 6.07) is 24.2. The van der Waals surface area contributed by atoms with E-state index in [2.05, 4.69) is 43.4 Å². The molecule has 3 aromatic carbocycles. The number of benzene rings is 3. The van der Waals surface area contributed by atoms with E-state index in [1.807, 2.05) is 55.5 Å². The number of hydrogen-bond donors (Lipinski definition) is 1. The third-order valence-corrected chi connectivity index (χ3v) is 4.89. The van der Waals surface area contributed by atoms with E-state index < -0.39 is 6.10 Å². The van der Waals surface area contributed by atoms with Crippen molar-refractivity contribution in [3.8, 4) is 5.75 Å². The van der Waals surface area contributed by atoms with E-state index in [1.54, 1.807) is 0 Å². The van der Waals surface area contributed by atoms with Gasteiger partial charge >= 0.3 is 0 Å². The second-order valence-corrected chi connectivity index (χ2v) is 7.63. The summed E-state index contributed by atoms with van der Waals surface area (Å²) in [5.41, 5.74) is 1.13. The Morgan fingerprint density at radius 3 is 2.29 bits per heavy atom. The van der Waals surface area contributed by atoms with Crippen LogP contribution in [0.5, 0.6) is 5.75 Å². The van der Waals surface area contributed by atoms with Gasteiger partial charge in [-0.05, 0) is 47.2 Å². The lowest BCUT2D eigenvalue weighted by Gasteiger charge is -2.24. The topological polar surface area (TPSA) is 38.3 Å². The Morgan fingerprint density at radius 2 is 1.61 bits per heavy atom. The predicted molar refractivity (Wildman–Crippen MR) is 115 cm³/mol. The minimum Gasteiger partial charge on any atom is -0.481 e. The third-order valence-electron chi connectivity index (χ3n) is 4.89. The van der Waals surface area contributed by atoms with E-state index in [9.17, 15) is 4.79 Å². The molecule has 0 radical (unpaired) electrons. The number of hydrogen-bond acceptors (Lipinski definition) is 2. The van der Waals surface area contributed by atoms with Crippen LogP contribution in [0.15, 0.2) is 72.8 Å². The van der Waals surface area contributed by atoms with E-state index in [0.29, 0.717) is 12.3 Å². The SMILES string of the molecule is CC[C@@H](Oc1ccc2ccccc2c1)C(=O)N[C@@H](CC(C)C)c1ccccc1. The van der Waals surface area contributed by atoms with Crippen molar-refractivity contribution in [2.75, 3.05) is 0 Å². The molecule has 0 saturated carbocycles. The normalized spacial score (nSPS) is 13.3. The Kier molecular flexibility index (Phi) is 6.70. The highest BCUT2D eigenvalue weighted by molar-refractivity contribution is 5.84. The maximum absolute atomic E-state index is 13.0. The first-order valence-corrected chi connectivity index (χ1v) is 10.1. The van der Waals surface area contributed by atoms with Crippen LogP contribution in [0.1, 0.15) is 45.2 Å². The van der Waals surface area contributed by atoms with E-state index in [-0.39, 0.29) is 11.9 Å². The summed E-state index contributed by atoms with van der Waals surface area (Å²) in [5.74, 6) is 1.14. The molecule has 3 aromatic rings. The summed E-state index contributed by atoms with van der Waals surface area (Å²) in [4.78, 5) is 13.0. The average molecular weight is 376 g/mol. The van der Waals surface area contributed by atoms with Gasteiger partial charge in [0.2, 0.25) is 0 Å². The number of carbonyl (C=O) groups is 1. The maximum Gasteiger partial charge on any atom is 0.261 e. The molecule has 28 heavy (non-hydrogen) atoms. The van der Waals surface area contributed by atoms with Gasteiger partial charge in [0.25, 0.3) is 5.91 Å². The summed E-state index contributed by atoms with van der Waals surface area (Å²) < 4.78 is 6.06. The molecular weight excluding hydrogens is 346 g/mol. The number of rotatable bonds is 8. The van der Waals surface area contributed by atoms with Crippen molar-refractivity contribution in [1.82, 2.24) is 5.32 Å². The zero-order chi connectivity index (χ0) is 19.9. The summed E-state index contributed by atoms with van der Waals surface area (Å²) in [5, 5.41) is 5.48. The molecule has 0 aliphatic heterocycles. The lowest BCUT2D eigenvalue weighted by atomic mass is 9.96. The molecule has 2 atom stereocenters. The highest BCUT2D eigenvalue weighted by Crippen LogP contribution is 2.24. The Bertz CT molecular complexity index is 905. The smallest absolute Gasteiger partial charge is 0.261 e. The molecule has 0 spiro atoms. The van der Waals surface area contributed by atoms with E-state index in [4.69, 9.17) is 4.74 Å². The van der Waals surface area contributed by atoms with Gasteiger partial charge in [-0.2, -0.15) is 0 Å². The van der Waals surface area contributed by atoms with Crippen LogP contribution >= 0.6 is 0 Å². The molecule has 1 N–H and O–H groups in total. The highest BCUT2D eigenvalue weighted by atomic mass is 16.5. The first-order valence-electron chi connectivity index (χ1n) is 10.1. The van der Waals surface area contributed by atoms with Crippen LogP contribution in [-0.2, 0) is 4.79 Å². The molecular formula is C25H29NO2. The van der Waals surface area contributed by atoms with Crippen molar-refractivity contribution in [2.24, 2.45) is 5.92 Å². The minimum absolute atomic E-state index is 0.0112. The molecule has 0 fully saturated rings. The average Bonchev–Trinajstić information content (AvgIpc) is 2.71. The first-order chi connectivity index (χ1) is 13.6. The van der Waals surface area contributed by atoms with Crippen LogP contribution in [0.3, 0.4) is 0 Å². The standard InChI is InChI=1S/C25H29NO2/c1-4-24(28-22-15-14-19-10-8-9-13-21(19)17-22)25(27)26-23(16-18(2)3)20-11-6-5-7-12-20/h5-15,17-18,23-24H,4,16H2,1-3H3,(H,26,27)/t23-,24+/m0/s1. The maximum atomic E-state index is 13.0. The molecule has 3 rings (SSSR count). The van der Waals surface area contributed by atoms with Crippen molar-refractivity contribution in [2.45, 2.75) is 45.8 Å². The van der Waals surface area contributed by atoms with Crippen LogP contribution < -0.4 is 10.1 Å². The summed E-state index contributed by atoms with van der Waals surface area (Å²) in [7, 11) is 0. The van der Waals surface area contributed by atoms with Crippen molar-refractivity contribution in [3.05, 3.63) is 78.4 Å². The van der Waals surface area contributed by atoms with Gasteiger partial charge in [0.05, 0.1) is 6.04 Å². The highest BCUT2D eigenvalue weighted by Gasteiger charge is 2.23. The molecule has 0 aromatic heterocycles. The lowest BCUT2D eigenvalue weighted by Crippen LogP contribution is -2.40. The number of amides is 1. The van der Waals surface area contributed by atoms with Crippen molar-refractivity contribution < 1.29 is 9.53 Å². The predicted octanol–water partition coefficient (Wildman–Crippen LogP) is 5.90. The van der Waals surface area contributed by atoms with Crippen LogP contribution in [0.2, 0.25) is 0 Å². The fourth-order valence-electron chi connectivity index (χ4n) is 3.43. The van der Waals surface area contributed by atoms with Crippen LogP contribution in [-0.4, -0.2) is 12.0 Å². The zero-order valence-electron chi connectivity index (χ0n) is 16.9. The molecule has 146 valence electrons. The molecule has 0 bridgehead atoms. The number of nitrogens with one attached hydrogen (secondary N) is 1. The first kappa shape index (κ1) is 19.9. The second-order valence-electron chi connectivity index (χ2n) is 7.63. The van der Waals surface area contributed by atoms with Gasteiger partial charge in [0.1, 0.15) is 5.75 Å². The van der Waals surface area contributed by atoms with E-state index >= 15 is 0 Å². The fraction of sp³-hybridized carbons (Fsp3) is 0.320. The molecule has 3 nitrogen and oxygen atoms in total. The Labute approximate surface area is 167 Å². The minimum atomic E-state index is -0.514. The van der Waals surface area contributed by atoms with Gasteiger partial charge in [0, 0.05) is 0 Å². The Morgan fingerprint density at radius 1 is 0.929 bits per heavy atom. The van der Waals surface area contributed by atoms with Crippen molar-refractivity contribution in [1.29, 1.82) is 0 Å². The van der Waals surface area contributed by atoms with Crippen molar-refractivity contribution in [3.63, 3.8) is 0 Å². The molecule has 0 aliphatic rings. The second kappa shape index (κ2) is 9.41. The largest absolute Gasteiger partial charge is 0.481 e. The summed E-state index contributed by atoms with van der Waals surface area (Å²) in [6.07, 6.45) is 0.990. The van der Waals surface area contributed by atoms with E-state index in [1.165, 1.54) is 0 Å². The van der Waals surface area contributed by atoms with E-state index in [0.717, 1.165) is 28.5 Å². The third kappa shape index (κ3) is 5.13. The molecule has 0 aliphatic carbocycles. The quantitative estimate of drug-likeness (QED) is 0.532. The molecule has 3 heteroatoms. The van der Waals surface area contributed by atoms with Crippen molar-refractivity contribution >= 4 is 16.7 Å². The lowest BCUT2D eigenvalue weighted by molar-refractivity contribution is -0.129. The zero-order valence-corrected chi connectivity index (χ0v) is 16.9. The van der Waals surface area contributed by atoms with Gasteiger partial charge in [-0.1, -0.05) is 81.4 Å². The number of ether oxygens (including phenoxy) is 1. The molecule has 0 saturated heterocycles. The van der Waals surface area contributed by atoms with Gasteiger partial charge in [-0.3, -0.25) is 4.79 Å². The molecule has 0 heterocycles. The molecule has 1 amide bonds. The van der Waals surface area contributed by atoms with Gasteiger partial charge < -0.3 is 10.1 Å². The number of carbonyl (C=O) groups excluding carboxylic acids is 1. The fourth-order valence-corrected chi connectivity index (χ4v) is 3.43. The van der Waals surface area contributed by atoms with Crippen LogP contribution in [0.25, 0.3) is 10.8 Å².